The van der Waals surface area contributed by atoms with E-state index in [1.807, 2.05) is 36.4 Å². The molecule has 2 heterocycles. The normalized spacial score (nSPS) is 11.2. The van der Waals surface area contributed by atoms with Crippen LogP contribution in [0.25, 0.3) is 28.0 Å². The maximum atomic E-state index is 13.7. The second kappa shape index (κ2) is 8.57. The number of aromatic nitrogens is 4. The quantitative estimate of drug-likeness (QED) is 0.252. The largest absolute Gasteiger partial charge is 0.420 e. The molecule has 9 heteroatoms. The fraction of sp³-hybridized carbons (Fsp3) is 0.0435. The lowest BCUT2D eigenvalue weighted by Crippen LogP contribution is -2.21. The summed E-state index contributed by atoms with van der Waals surface area (Å²) in [5, 5.41) is 8.95. The highest BCUT2D eigenvalue weighted by Gasteiger charge is 2.16. The summed E-state index contributed by atoms with van der Waals surface area (Å²) < 4.78 is 20.9. The van der Waals surface area contributed by atoms with Crippen molar-refractivity contribution in [3.05, 3.63) is 99.9 Å². The molecule has 0 bridgehead atoms. The zero-order valence-corrected chi connectivity index (χ0v) is 18.0. The van der Waals surface area contributed by atoms with Crippen LogP contribution in [-0.2, 0) is 5.75 Å². The number of halogens is 2. The van der Waals surface area contributed by atoms with Gasteiger partial charge in [0, 0.05) is 5.56 Å². The van der Waals surface area contributed by atoms with Crippen molar-refractivity contribution in [2.45, 2.75) is 10.9 Å². The Labute approximate surface area is 190 Å². The third-order valence-corrected chi connectivity index (χ3v) is 5.93. The van der Waals surface area contributed by atoms with E-state index in [2.05, 4.69) is 15.2 Å². The first-order valence-electron chi connectivity index (χ1n) is 9.58. The third kappa shape index (κ3) is 3.90. The van der Waals surface area contributed by atoms with Crippen LogP contribution in [0.5, 0.6) is 0 Å². The molecular formula is C23H14ClFN4O2S. The molecule has 0 unspecified atom stereocenters. The zero-order valence-electron chi connectivity index (χ0n) is 16.4. The first-order chi connectivity index (χ1) is 15.6. The highest BCUT2D eigenvalue weighted by Crippen LogP contribution is 2.27. The van der Waals surface area contributed by atoms with Gasteiger partial charge >= 0.3 is 0 Å². The summed E-state index contributed by atoms with van der Waals surface area (Å²) in [4.78, 5) is 17.9. The van der Waals surface area contributed by atoms with Crippen molar-refractivity contribution in [2.75, 3.05) is 0 Å². The molecule has 3 aromatic carbocycles. The molecule has 0 saturated heterocycles. The summed E-state index contributed by atoms with van der Waals surface area (Å²) in [5.74, 6) is 0.528. The van der Waals surface area contributed by atoms with E-state index in [9.17, 15) is 9.18 Å². The van der Waals surface area contributed by atoms with Crippen molar-refractivity contribution >= 4 is 34.3 Å². The lowest BCUT2D eigenvalue weighted by Gasteiger charge is -2.13. The van der Waals surface area contributed by atoms with Gasteiger partial charge in [-0.3, -0.25) is 9.36 Å². The summed E-state index contributed by atoms with van der Waals surface area (Å²) in [7, 11) is 0. The van der Waals surface area contributed by atoms with Gasteiger partial charge in [-0.2, -0.15) is 0 Å². The van der Waals surface area contributed by atoms with Crippen LogP contribution < -0.4 is 5.56 Å². The Kier molecular flexibility index (Phi) is 5.46. The zero-order chi connectivity index (χ0) is 22.1. The number of thioether (sulfide) groups is 1. The lowest BCUT2D eigenvalue weighted by atomic mass is 10.2. The molecule has 0 aliphatic heterocycles. The second-order valence-corrected chi connectivity index (χ2v) is 8.16. The van der Waals surface area contributed by atoms with E-state index < -0.39 is 5.82 Å². The van der Waals surface area contributed by atoms with Gasteiger partial charge in [0.2, 0.25) is 11.8 Å². The van der Waals surface area contributed by atoms with Crippen LogP contribution in [-0.4, -0.2) is 19.7 Å². The second-order valence-electron chi connectivity index (χ2n) is 6.81. The van der Waals surface area contributed by atoms with Crippen molar-refractivity contribution in [2.24, 2.45) is 0 Å². The third-order valence-electron chi connectivity index (χ3n) is 4.72. The van der Waals surface area contributed by atoms with Gasteiger partial charge in [-0.05, 0) is 42.5 Å². The van der Waals surface area contributed by atoms with Crippen molar-refractivity contribution < 1.29 is 8.81 Å². The summed E-state index contributed by atoms with van der Waals surface area (Å²) >= 11 is 7.23. The molecule has 32 heavy (non-hydrogen) atoms. The molecule has 2 aromatic heterocycles. The number of fused-ring (bicyclic) bond motifs is 1. The minimum atomic E-state index is -0.564. The molecule has 0 fully saturated rings. The van der Waals surface area contributed by atoms with Gasteiger partial charge in [0.15, 0.2) is 5.16 Å². The van der Waals surface area contributed by atoms with Crippen LogP contribution in [0.2, 0.25) is 5.02 Å². The van der Waals surface area contributed by atoms with Gasteiger partial charge in [0.25, 0.3) is 5.56 Å². The topological polar surface area (TPSA) is 73.8 Å². The average molecular weight is 465 g/mol. The van der Waals surface area contributed by atoms with Crippen LogP contribution in [0.1, 0.15) is 5.89 Å². The van der Waals surface area contributed by atoms with Gasteiger partial charge in [-0.15, -0.1) is 10.2 Å². The van der Waals surface area contributed by atoms with E-state index >= 15 is 0 Å². The molecule has 6 nitrogen and oxygen atoms in total. The van der Waals surface area contributed by atoms with E-state index in [0.29, 0.717) is 39.3 Å². The first-order valence-corrected chi connectivity index (χ1v) is 10.9. The van der Waals surface area contributed by atoms with E-state index in [-0.39, 0.29) is 10.6 Å². The number of hydrogen-bond acceptors (Lipinski definition) is 6. The monoisotopic (exact) mass is 464 g/mol. The summed E-state index contributed by atoms with van der Waals surface area (Å²) in [6.07, 6.45) is 0. The highest BCUT2D eigenvalue weighted by atomic mass is 35.5. The molecular weight excluding hydrogens is 451 g/mol. The molecule has 0 aliphatic rings. The summed E-state index contributed by atoms with van der Waals surface area (Å²) in [6.45, 7) is 0. The highest BCUT2D eigenvalue weighted by molar-refractivity contribution is 7.98. The van der Waals surface area contributed by atoms with Crippen LogP contribution in [0, 0.1) is 5.82 Å². The number of rotatable bonds is 5. The molecule has 0 N–H and O–H groups in total. The van der Waals surface area contributed by atoms with Crippen LogP contribution in [0.15, 0.2) is 87.2 Å². The molecule has 5 aromatic rings. The minimum Gasteiger partial charge on any atom is -0.420 e. The Balaban J connectivity index is 1.54. The van der Waals surface area contributed by atoms with Crippen LogP contribution >= 0.6 is 23.4 Å². The standard InChI is InChI=1S/C23H14ClFN4O2S/c24-17-12-15(10-11-18(17)25)29-22(30)16-8-4-5-9-19(16)26-23(29)32-13-20-27-28-21(31-20)14-6-2-1-3-7-14/h1-12H,13H2. The molecule has 158 valence electrons. The Hall–Kier alpha value is -3.49. The van der Waals surface area contributed by atoms with E-state index in [1.165, 1.54) is 34.5 Å². The maximum Gasteiger partial charge on any atom is 0.266 e. The maximum absolute atomic E-state index is 13.7. The summed E-state index contributed by atoms with van der Waals surface area (Å²) in [6, 6.07) is 20.6. The fourth-order valence-corrected chi connectivity index (χ4v) is 4.22. The average Bonchev–Trinajstić information content (AvgIpc) is 3.30. The summed E-state index contributed by atoms with van der Waals surface area (Å²) in [5.41, 5.74) is 1.51. The predicted octanol–water partition coefficient (Wildman–Crippen LogP) is 5.52. The molecule has 0 aliphatic carbocycles. The van der Waals surface area contributed by atoms with Crippen molar-refractivity contribution in [3.63, 3.8) is 0 Å². The fourth-order valence-electron chi connectivity index (χ4n) is 3.20. The smallest absolute Gasteiger partial charge is 0.266 e. The molecule has 5 rings (SSSR count). The van der Waals surface area contributed by atoms with Gasteiger partial charge in [-0.1, -0.05) is 53.7 Å². The Morgan fingerprint density at radius 2 is 1.78 bits per heavy atom. The predicted molar refractivity (Wildman–Crippen MR) is 122 cm³/mol. The number of para-hydroxylation sites is 1. The molecule has 0 spiro atoms. The van der Waals surface area contributed by atoms with Crippen LogP contribution in [0.4, 0.5) is 4.39 Å². The van der Waals surface area contributed by atoms with Gasteiger partial charge in [-0.25, -0.2) is 9.37 Å². The van der Waals surface area contributed by atoms with Crippen molar-refractivity contribution in [1.29, 1.82) is 0 Å². The number of nitrogens with zero attached hydrogens (tertiary/aromatic N) is 4. The van der Waals surface area contributed by atoms with Crippen molar-refractivity contribution in [1.82, 2.24) is 19.7 Å². The Morgan fingerprint density at radius 3 is 2.59 bits per heavy atom. The van der Waals surface area contributed by atoms with E-state index in [1.54, 1.807) is 18.2 Å². The van der Waals surface area contributed by atoms with Crippen LogP contribution in [0.3, 0.4) is 0 Å². The van der Waals surface area contributed by atoms with Gasteiger partial charge in [0.05, 0.1) is 27.4 Å². The Bertz CT molecular complexity index is 1490. The minimum absolute atomic E-state index is 0.0806. The van der Waals surface area contributed by atoms with Gasteiger partial charge < -0.3 is 4.42 Å². The molecule has 0 amide bonds. The van der Waals surface area contributed by atoms with Gasteiger partial charge in [0.1, 0.15) is 5.82 Å². The van der Waals surface area contributed by atoms with Crippen molar-refractivity contribution in [3.8, 4) is 17.1 Å². The Morgan fingerprint density at radius 1 is 1.00 bits per heavy atom. The first kappa shape index (κ1) is 20.4. The number of benzene rings is 3. The molecule has 0 radical (unpaired) electrons. The van der Waals surface area contributed by atoms with E-state index in [4.69, 9.17) is 16.0 Å². The number of hydrogen-bond donors (Lipinski definition) is 0. The lowest BCUT2D eigenvalue weighted by molar-refractivity contribution is 0.528. The molecule has 0 saturated carbocycles. The SMILES string of the molecule is O=c1c2ccccc2nc(SCc2nnc(-c3ccccc3)o2)n1-c1ccc(F)c(Cl)c1. The van der Waals surface area contributed by atoms with E-state index in [0.717, 1.165) is 5.56 Å². The molecule has 0 atom stereocenters.